The van der Waals surface area contributed by atoms with Crippen molar-refractivity contribution >= 4 is 29.3 Å². The standard InChI is InChI=1S/C20H24F2N6O2S/c1-20(2)19(24)28-17(14(31-20)7-8-23)16-12(22)4-6-15(26-16)27-18(29)13-5-3-11(9-25-13)30-10-21/h3-6,9,14,17H,7-8,10,23H2,1-2H3,(H2,24,28)(H,26,27,29)/t14?,17-/m0/s1. The van der Waals surface area contributed by atoms with Crippen LogP contribution < -0.4 is 21.5 Å². The molecule has 0 radical (unpaired) electrons. The predicted molar refractivity (Wildman–Crippen MR) is 116 cm³/mol. The SMILES string of the molecule is CC1(C)SC(CCN)[C@@H](c2nc(NC(=O)c3ccc(OCF)cn3)ccc2F)N=C1N. The third kappa shape index (κ3) is 5.28. The lowest BCUT2D eigenvalue weighted by molar-refractivity contribution is 0.102. The molecule has 2 aromatic heterocycles. The van der Waals surface area contributed by atoms with Crippen molar-refractivity contribution < 1.29 is 18.3 Å². The molecule has 1 aliphatic rings. The summed E-state index contributed by atoms with van der Waals surface area (Å²) in [5.74, 6) is -0.376. The average Bonchev–Trinajstić information content (AvgIpc) is 2.73. The molecule has 11 heteroatoms. The van der Waals surface area contributed by atoms with Gasteiger partial charge in [-0.3, -0.25) is 9.79 Å². The molecule has 0 spiro atoms. The molecule has 0 saturated heterocycles. The van der Waals surface area contributed by atoms with Crippen LogP contribution in [-0.4, -0.2) is 45.1 Å². The highest BCUT2D eigenvalue weighted by Gasteiger charge is 2.39. The highest BCUT2D eigenvalue weighted by atomic mass is 32.2. The van der Waals surface area contributed by atoms with E-state index in [1.807, 2.05) is 13.8 Å². The monoisotopic (exact) mass is 450 g/mol. The number of nitrogens with zero attached hydrogens (tertiary/aromatic N) is 3. The normalized spacial score (nSPS) is 20.1. The van der Waals surface area contributed by atoms with E-state index in [0.717, 1.165) is 0 Å². The Kier molecular flexibility index (Phi) is 7.06. The lowest BCUT2D eigenvalue weighted by Crippen LogP contribution is -2.43. The van der Waals surface area contributed by atoms with E-state index < -0.39 is 29.4 Å². The fourth-order valence-corrected chi connectivity index (χ4v) is 4.59. The Hall–Kier alpha value is -2.79. The number of thioether (sulfide) groups is 1. The van der Waals surface area contributed by atoms with E-state index >= 15 is 0 Å². The summed E-state index contributed by atoms with van der Waals surface area (Å²) in [6.45, 7) is 3.32. The number of aromatic nitrogens is 2. The fourth-order valence-electron chi connectivity index (χ4n) is 3.09. The van der Waals surface area contributed by atoms with Crippen molar-refractivity contribution in [2.24, 2.45) is 16.5 Å². The first-order chi connectivity index (χ1) is 14.7. The van der Waals surface area contributed by atoms with Crippen molar-refractivity contribution in [1.82, 2.24) is 9.97 Å². The molecule has 0 aliphatic carbocycles. The minimum Gasteiger partial charge on any atom is -0.461 e. The number of nitrogens with two attached hydrogens (primary N) is 2. The molecule has 0 bridgehead atoms. The van der Waals surface area contributed by atoms with E-state index in [-0.39, 0.29) is 28.2 Å². The molecule has 1 unspecified atom stereocenters. The molecule has 31 heavy (non-hydrogen) atoms. The summed E-state index contributed by atoms with van der Waals surface area (Å²) in [5.41, 5.74) is 12.0. The minimum atomic E-state index is -0.996. The van der Waals surface area contributed by atoms with Crippen molar-refractivity contribution in [1.29, 1.82) is 0 Å². The number of aliphatic imine (C=N–C) groups is 1. The van der Waals surface area contributed by atoms with E-state index in [1.54, 1.807) is 11.8 Å². The summed E-state index contributed by atoms with van der Waals surface area (Å²) in [5, 5.41) is 2.46. The van der Waals surface area contributed by atoms with Crippen molar-refractivity contribution in [2.45, 2.75) is 36.3 Å². The number of ether oxygens (including phenoxy) is 1. The lowest BCUT2D eigenvalue weighted by atomic mass is 10.0. The average molecular weight is 451 g/mol. The number of amides is 1. The van der Waals surface area contributed by atoms with Gasteiger partial charge in [0.05, 0.1) is 10.9 Å². The van der Waals surface area contributed by atoms with Crippen LogP contribution in [0.15, 0.2) is 35.5 Å². The molecule has 3 heterocycles. The molecular weight excluding hydrogens is 426 g/mol. The zero-order valence-electron chi connectivity index (χ0n) is 17.1. The van der Waals surface area contributed by atoms with Gasteiger partial charge in [-0.1, -0.05) is 0 Å². The Morgan fingerprint density at radius 3 is 2.74 bits per heavy atom. The second-order valence-corrected chi connectivity index (χ2v) is 9.22. The van der Waals surface area contributed by atoms with E-state index in [4.69, 9.17) is 11.5 Å². The topological polar surface area (TPSA) is 129 Å². The molecule has 3 rings (SSSR count). The molecule has 166 valence electrons. The van der Waals surface area contributed by atoms with Crippen molar-refractivity contribution in [3.8, 4) is 5.75 Å². The van der Waals surface area contributed by atoms with Crippen LogP contribution in [0.5, 0.6) is 5.75 Å². The first-order valence-corrected chi connectivity index (χ1v) is 10.5. The number of nitrogens with one attached hydrogen (secondary N) is 1. The van der Waals surface area contributed by atoms with Crippen molar-refractivity contribution in [3.05, 3.63) is 47.7 Å². The largest absolute Gasteiger partial charge is 0.461 e. The van der Waals surface area contributed by atoms with Gasteiger partial charge in [0.25, 0.3) is 5.91 Å². The van der Waals surface area contributed by atoms with Gasteiger partial charge in [0, 0.05) is 5.25 Å². The number of alkyl halides is 1. The molecule has 0 aromatic carbocycles. The zero-order valence-corrected chi connectivity index (χ0v) is 18.0. The Morgan fingerprint density at radius 2 is 2.10 bits per heavy atom. The summed E-state index contributed by atoms with van der Waals surface area (Å²) >= 11 is 1.58. The van der Waals surface area contributed by atoms with Crippen LogP contribution in [0.4, 0.5) is 14.6 Å². The number of anilines is 1. The summed E-state index contributed by atoms with van der Waals surface area (Å²) in [4.78, 5) is 25.2. The minimum absolute atomic E-state index is 0.0668. The number of halogens is 2. The number of rotatable bonds is 7. The van der Waals surface area contributed by atoms with Gasteiger partial charge >= 0.3 is 0 Å². The first kappa shape index (κ1) is 22.9. The summed E-state index contributed by atoms with van der Waals surface area (Å²) in [7, 11) is 0. The maximum atomic E-state index is 14.7. The summed E-state index contributed by atoms with van der Waals surface area (Å²) in [6, 6.07) is 4.74. The van der Waals surface area contributed by atoms with Gasteiger partial charge in [-0.25, -0.2) is 18.7 Å². The van der Waals surface area contributed by atoms with E-state index in [2.05, 4.69) is 25.0 Å². The van der Waals surface area contributed by atoms with Gasteiger partial charge < -0.3 is 21.5 Å². The van der Waals surface area contributed by atoms with Crippen molar-refractivity contribution in [3.63, 3.8) is 0 Å². The molecule has 5 N–H and O–H groups in total. The van der Waals surface area contributed by atoms with Gasteiger partial charge in [0.15, 0.2) is 0 Å². The molecule has 2 aromatic rings. The Bertz CT molecular complexity index is 971. The molecule has 2 atom stereocenters. The lowest BCUT2D eigenvalue weighted by Gasteiger charge is -2.37. The van der Waals surface area contributed by atoms with Crippen LogP contribution in [0.1, 0.15) is 42.5 Å². The van der Waals surface area contributed by atoms with Crippen LogP contribution in [0.3, 0.4) is 0 Å². The molecule has 0 saturated carbocycles. The highest BCUT2D eigenvalue weighted by Crippen LogP contribution is 2.43. The van der Waals surface area contributed by atoms with E-state index in [1.165, 1.54) is 30.5 Å². The smallest absolute Gasteiger partial charge is 0.275 e. The first-order valence-electron chi connectivity index (χ1n) is 9.59. The van der Waals surface area contributed by atoms with Gasteiger partial charge in [0.2, 0.25) is 6.86 Å². The van der Waals surface area contributed by atoms with Gasteiger partial charge in [0.1, 0.15) is 40.6 Å². The third-order valence-electron chi connectivity index (χ3n) is 4.73. The van der Waals surface area contributed by atoms with E-state index in [9.17, 15) is 13.6 Å². The zero-order chi connectivity index (χ0) is 22.6. The number of hydrogen-bond donors (Lipinski definition) is 3. The Labute approximate surface area is 182 Å². The maximum Gasteiger partial charge on any atom is 0.275 e. The second-order valence-electron chi connectivity index (χ2n) is 7.35. The van der Waals surface area contributed by atoms with Crippen LogP contribution in [-0.2, 0) is 0 Å². The molecule has 0 fully saturated rings. The molecular formula is C20H24F2N6O2S. The van der Waals surface area contributed by atoms with Crippen LogP contribution in [0, 0.1) is 5.82 Å². The summed E-state index contributed by atoms with van der Waals surface area (Å²) in [6.07, 6.45) is 1.83. The Balaban J connectivity index is 1.85. The number of carbonyl (C=O) groups excluding carboxylic acids is 1. The van der Waals surface area contributed by atoms with E-state index in [0.29, 0.717) is 18.8 Å². The van der Waals surface area contributed by atoms with Crippen molar-refractivity contribution in [2.75, 3.05) is 18.7 Å². The van der Waals surface area contributed by atoms with Crippen LogP contribution in [0.2, 0.25) is 0 Å². The quantitative estimate of drug-likeness (QED) is 0.592. The van der Waals surface area contributed by atoms with Gasteiger partial charge in [-0.2, -0.15) is 0 Å². The molecule has 8 nitrogen and oxygen atoms in total. The molecule has 1 amide bonds. The fraction of sp³-hybridized carbons (Fsp3) is 0.400. The number of amidine groups is 1. The van der Waals surface area contributed by atoms with Crippen LogP contribution in [0.25, 0.3) is 0 Å². The maximum absolute atomic E-state index is 14.7. The second kappa shape index (κ2) is 9.56. The number of carbonyl (C=O) groups is 1. The Morgan fingerprint density at radius 1 is 1.32 bits per heavy atom. The van der Waals surface area contributed by atoms with Gasteiger partial charge in [-0.05, 0) is 51.1 Å². The summed E-state index contributed by atoms with van der Waals surface area (Å²) < 4.78 is 31.1. The van der Waals surface area contributed by atoms with Gasteiger partial charge in [-0.15, -0.1) is 11.8 Å². The predicted octanol–water partition coefficient (Wildman–Crippen LogP) is 2.81. The number of pyridine rings is 2. The van der Waals surface area contributed by atoms with Crippen LogP contribution >= 0.6 is 11.8 Å². The third-order valence-corrected chi connectivity index (χ3v) is 6.32. The molecule has 1 aliphatic heterocycles. The highest BCUT2D eigenvalue weighted by molar-refractivity contribution is 8.02. The number of hydrogen-bond acceptors (Lipinski definition) is 8.